The van der Waals surface area contributed by atoms with Crippen molar-refractivity contribution in [1.82, 2.24) is 0 Å². The Bertz CT molecular complexity index is 908. The number of esters is 1. The first-order chi connectivity index (χ1) is 12.1. The number of halogens is 2. The highest BCUT2D eigenvalue weighted by molar-refractivity contribution is 6.35. The first kappa shape index (κ1) is 16.2. The highest BCUT2D eigenvalue weighted by Crippen LogP contribution is 2.43. The summed E-state index contributed by atoms with van der Waals surface area (Å²) in [5.41, 5.74) is 2.51. The van der Waals surface area contributed by atoms with E-state index >= 15 is 0 Å². The predicted molar refractivity (Wildman–Crippen MR) is 95.7 cm³/mol. The average molecular weight is 374 g/mol. The van der Waals surface area contributed by atoms with Gasteiger partial charge in [-0.1, -0.05) is 47.5 Å². The van der Waals surface area contributed by atoms with Crippen LogP contribution in [0.3, 0.4) is 0 Å². The van der Waals surface area contributed by atoms with Crippen LogP contribution in [0.5, 0.6) is 0 Å². The number of carbonyl (C=O) groups excluding carboxylic acids is 2. The molecule has 0 unspecified atom stereocenters. The summed E-state index contributed by atoms with van der Waals surface area (Å²) in [6.45, 7) is 0.0799. The molecule has 2 heterocycles. The lowest BCUT2D eigenvalue weighted by molar-refractivity contribution is -0.136. The molecular weight excluding hydrogens is 361 g/mol. The van der Waals surface area contributed by atoms with E-state index in [1.165, 1.54) is 0 Å². The van der Waals surface area contributed by atoms with Gasteiger partial charge in [0.05, 0.1) is 11.3 Å². The van der Waals surface area contributed by atoms with Gasteiger partial charge in [0.15, 0.2) is 0 Å². The summed E-state index contributed by atoms with van der Waals surface area (Å²) in [6.07, 6.45) is 0.143. The second kappa shape index (κ2) is 6.21. The molecule has 2 aromatic carbocycles. The topological polar surface area (TPSA) is 46.6 Å². The Morgan fingerprint density at radius 3 is 2.52 bits per heavy atom. The van der Waals surface area contributed by atoms with Crippen LogP contribution in [0.1, 0.15) is 17.9 Å². The van der Waals surface area contributed by atoms with Gasteiger partial charge in [-0.3, -0.25) is 9.69 Å². The quantitative estimate of drug-likeness (QED) is 0.736. The molecule has 0 radical (unpaired) electrons. The van der Waals surface area contributed by atoms with Crippen LogP contribution in [0.15, 0.2) is 59.8 Å². The third-order valence-corrected chi connectivity index (χ3v) is 5.03. The lowest BCUT2D eigenvalue weighted by atomic mass is 9.84. The standard InChI is InChI=1S/C19H13Cl2NO3/c20-11-6-7-13(15(21)8-11)14-9-17(23)22(12-4-2-1-3-5-12)16-10-25-19(24)18(14)16/h1-8,14H,9-10H2/t14-/m0/s1. The van der Waals surface area contributed by atoms with Gasteiger partial charge in [-0.25, -0.2) is 4.79 Å². The number of cyclic esters (lactones) is 1. The molecule has 1 amide bonds. The highest BCUT2D eigenvalue weighted by atomic mass is 35.5. The van der Waals surface area contributed by atoms with E-state index in [0.29, 0.717) is 26.9 Å². The Kier molecular flexibility index (Phi) is 4.02. The summed E-state index contributed by atoms with van der Waals surface area (Å²) in [5.74, 6) is -0.930. The summed E-state index contributed by atoms with van der Waals surface area (Å²) in [7, 11) is 0. The molecule has 4 nitrogen and oxygen atoms in total. The maximum Gasteiger partial charge on any atom is 0.336 e. The predicted octanol–water partition coefficient (Wildman–Crippen LogP) is 4.32. The molecule has 0 fully saturated rings. The van der Waals surface area contributed by atoms with E-state index in [1.807, 2.05) is 30.3 Å². The SMILES string of the molecule is O=C1OCC2=C1[C@H](c1ccc(Cl)cc1Cl)CC(=O)N2c1ccccc1. The summed E-state index contributed by atoms with van der Waals surface area (Å²) >= 11 is 12.3. The molecule has 126 valence electrons. The minimum atomic E-state index is -0.428. The number of hydrogen-bond acceptors (Lipinski definition) is 3. The molecule has 0 bridgehead atoms. The smallest absolute Gasteiger partial charge is 0.336 e. The van der Waals surface area contributed by atoms with Crippen molar-refractivity contribution in [2.75, 3.05) is 11.5 Å². The molecule has 2 aliphatic heterocycles. The zero-order valence-electron chi connectivity index (χ0n) is 13.0. The van der Waals surface area contributed by atoms with Crippen molar-refractivity contribution >= 4 is 40.8 Å². The van der Waals surface area contributed by atoms with Gasteiger partial charge in [-0.15, -0.1) is 0 Å². The van der Waals surface area contributed by atoms with Crippen molar-refractivity contribution in [2.24, 2.45) is 0 Å². The van der Waals surface area contributed by atoms with E-state index in [4.69, 9.17) is 27.9 Å². The number of carbonyl (C=O) groups is 2. The molecule has 0 saturated heterocycles. The molecule has 2 aromatic rings. The van der Waals surface area contributed by atoms with Crippen LogP contribution in [0, 0.1) is 0 Å². The Labute approximate surface area is 154 Å². The summed E-state index contributed by atoms with van der Waals surface area (Å²) in [4.78, 5) is 26.8. The van der Waals surface area contributed by atoms with Crippen molar-refractivity contribution in [3.8, 4) is 0 Å². The first-order valence-electron chi connectivity index (χ1n) is 7.79. The number of amides is 1. The zero-order valence-corrected chi connectivity index (χ0v) is 14.6. The summed E-state index contributed by atoms with van der Waals surface area (Å²) < 4.78 is 5.24. The van der Waals surface area contributed by atoms with E-state index in [-0.39, 0.29) is 18.9 Å². The fraction of sp³-hybridized carbons (Fsp3) is 0.158. The molecule has 1 atom stereocenters. The van der Waals surface area contributed by atoms with Crippen molar-refractivity contribution in [3.05, 3.63) is 75.4 Å². The monoisotopic (exact) mass is 373 g/mol. The van der Waals surface area contributed by atoms with Gasteiger partial charge in [0.25, 0.3) is 0 Å². The largest absolute Gasteiger partial charge is 0.456 e. The average Bonchev–Trinajstić information content (AvgIpc) is 2.97. The number of ether oxygens (including phenoxy) is 1. The molecule has 0 saturated carbocycles. The van der Waals surface area contributed by atoms with Gasteiger partial charge < -0.3 is 4.74 Å². The highest BCUT2D eigenvalue weighted by Gasteiger charge is 2.43. The molecule has 0 aromatic heterocycles. The van der Waals surface area contributed by atoms with Crippen molar-refractivity contribution in [1.29, 1.82) is 0 Å². The molecular formula is C19H13Cl2NO3. The van der Waals surface area contributed by atoms with Crippen molar-refractivity contribution in [2.45, 2.75) is 12.3 Å². The third kappa shape index (κ3) is 2.71. The van der Waals surface area contributed by atoms with Crippen LogP contribution >= 0.6 is 23.2 Å². The minimum absolute atomic E-state index is 0.0799. The van der Waals surface area contributed by atoms with Crippen molar-refractivity contribution < 1.29 is 14.3 Å². The van der Waals surface area contributed by atoms with Gasteiger partial charge in [0.1, 0.15) is 6.61 Å². The van der Waals surface area contributed by atoms with E-state index in [0.717, 1.165) is 5.69 Å². The fourth-order valence-corrected chi connectivity index (χ4v) is 3.92. The van der Waals surface area contributed by atoms with Crippen molar-refractivity contribution in [3.63, 3.8) is 0 Å². The molecule has 0 spiro atoms. The maximum absolute atomic E-state index is 12.9. The van der Waals surface area contributed by atoms with Crippen LogP contribution < -0.4 is 4.90 Å². The zero-order chi connectivity index (χ0) is 17.6. The van der Waals surface area contributed by atoms with Gasteiger partial charge in [-0.05, 0) is 29.8 Å². The van der Waals surface area contributed by atoms with E-state index in [2.05, 4.69) is 0 Å². The second-order valence-corrected chi connectivity index (χ2v) is 6.77. The van der Waals surface area contributed by atoms with Crippen LogP contribution in [0.4, 0.5) is 5.69 Å². The van der Waals surface area contributed by atoms with E-state index < -0.39 is 11.9 Å². The molecule has 25 heavy (non-hydrogen) atoms. The third-order valence-electron chi connectivity index (χ3n) is 4.47. The molecule has 6 heteroatoms. The van der Waals surface area contributed by atoms with Gasteiger partial charge in [-0.2, -0.15) is 0 Å². The van der Waals surface area contributed by atoms with E-state index in [9.17, 15) is 9.59 Å². The number of rotatable bonds is 2. The molecule has 2 aliphatic rings. The van der Waals surface area contributed by atoms with E-state index in [1.54, 1.807) is 23.1 Å². The Morgan fingerprint density at radius 2 is 1.80 bits per heavy atom. The number of benzene rings is 2. The van der Waals surface area contributed by atoms with Crippen LogP contribution in [-0.4, -0.2) is 18.5 Å². The first-order valence-corrected chi connectivity index (χ1v) is 8.55. The molecule has 0 N–H and O–H groups in total. The molecule has 0 aliphatic carbocycles. The van der Waals surface area contributed by atoms with Gasteiger partial charge >= 0.3 is 5.97 Å². The van der Waals surface area contributed by atoms with Crippen LogP contribution in [-0.2, 0) is 14.3 Å². The molecule has 4 rings (SSSR count). The summed E-state index contributed by atoms with van der Waals surface area (Å²) in [6, 6.07) is 14.3. The summed E-state index contributed by atoms with van der Waals surface area (Å²) in [5, 5.41) is 0.940. The van der Waals surface area contributed by atoms with Gasteiger partial charge in [0.2, 0.25) is 5.91 Å². The Morgan fingerprint density at radius 1 is 1.04 bits per heavy atom. The number of anilines is 1. The fourth-order valence-electron chi connectivity index (χ4n) is 3.38. The lowest BCUT2D eigenvalue weighted by Gasteiger charge is -2.32. The maximum atomic E-state index is 12.9. The lowest BCUT2D eigenvalue weighted by Crippen LogP contribution is -2.37. The Hall–Kier alpha value is -2.30. The van der Waals surface area contributed by atoms with Crippen LogP contribution in [0.25, 0.3) is 0 Å². The normalized spacial score (nSPS) is 19.9. The Balaban J connectivity index is 1.85. The van der Waals surface area contributed by atoms with Gasteiger partial charge in [0, 0.05) is 28.1 Å². The second-order valence-electron chi connectivity index (χ2n) is 5.92. The number of hydrogen-bond donors (Lipinski definition) is 0. The number of para-hydroxylation sites is 1. The number of nitrogens with zero attached hydrogens (tertiary/aromatic N) is 1. The minimum Gasteiger partial charge on any atom is -0.456 e. The van der Waals surface area contributed by atoms with Crippen LogP contribution in [0.2, 0.25) is 10.0 Å².